The summed E-state index contributed by atoms with van der Waals surface area (Å²) in [6, 6.07) is 8.13. The second-order valence-electron chi connectivity index (χ2n) is 4.27. The molecule has 16 heavy (non-hydrogen) atoms. The van der Waals surface area contributed by atoms with Crippen LogP contribution in [0.4, 0.5) is 5.69 Å². The molecule has 86 valence electrons. The summed E-state index contributed by atoms with van der Waals surface area (Å²) in [4.78, 5) is 13.8. The van der Waals surface area contributed by atoms with Crippen LogP contribution in [0, 0.1) is 6.92 Å². The average molecular weight is 218 g/mol. The highest BCUT2D eigenvalue weighted by atomic mass is 16.2. The monoisotopic (exact) mass is 218 g/mol. The van der Waals surface area contributed by atoms with Gasteiger partial charge in [-0.3, -0.25) is 4.79 Å². The van der Waals surface area contributed by atoms with E-state index < -0.39 is 0 Å². The average Bonchev–Trinajstić information content (AvgIpc) is 2.24. The van der Waals surface area contributed by atoms with Gasteiger partial charge in [-0.2, -0.15) is 0 Å². The molecule has 1 aliphatic heterocycles. The normalized spacial score (nSPS) is 18.1. The summed E-state index contributed by atoms with van der Waals surface area (Å²) < 4.78 is 0. The summed E-state index contributed by atoms with van der Waals surface area (Å²) in [6.45, 7) is 4.29. The molecule has 1 N–H and O–H groups in total. The number of hydrogen-bond donors (Lipinski definition) is 1. The minimum Gasteiger partial charge on any atom is -0.311 e. The molecule has 0 bridgehead atoms. The lowest BCUT2D eigenvalue weighted by Crippen LogP contribution is -2.41. The molecule has 0 spiro atoms. The van der Waals surface area contributed by atoms with Crippen LogP contribution in [0.25, 0.3) is 0 Å². The first-order valence-corrected chi connectivity index (χ1v) is 5.85. The summed E-state index contributed by atoms with van der Waals surface area (Å²) in [7, 11) is 0. The third-order valence-corrected chi connectivity index (χ3v) is 2.88. The third kappa shape index (κ3) is 2.61. The minimum absolute atomic E-state index is 0.172. The van der Waals surface area contributed by atoms with Crippen molar-refractivity contribution in [2.75, 3.05) is 24.5 Å². The molecule has 0 aromatic heterocycles. The second-order valence-corrected chi connectivity index (χ2v) is 4.27. The molecule has 1 aromatic carbocycles. The van der Waals surface area contributed by atoms with Crippen LogP contribution in [-0.2, 0) is 4.79 Å². The highest BCUT2D eigenvalue weighted by molar-refractivity contribution is 5.94. The number of hydrogen-bond acceptors (Lipinski definition) is 2. The summed E-state index contributed by atoms with van der Waals surface area (Å²) >= 11 is 0. The Morgan fingerprint density at radius 2 is 2.19 bits per heavy atom. The van der Waals surface area contributed by atoms with Gasteiger partial charge in [0.05, 0.1) is 6.54 Å². The molecule has 0 radical (unpaired) electrons. The SMILES string of the molecule is Cc1cccc(N2CCCCNCC2=O)c1. The van der Waals surface area contributed by atoms with Gasteiger partial charge in [-0.05, 0) is 44.0 Å². The fraction of sp³-hybridized carbons (Fsp3) is 0.462. The second kappa shape index (κ2) is 5.12. The van der Waals surface area contributed by atoms with Crippen molar-refractivity contribution < 1.29 is 4.79 Å². The van der Waals surface area contributed by atoms with E-state index in [2.05, 4.69) is 24.4 Å². The summed E-state index contributed by atoms with van der Waals surface area (Å²) in [5, 5.41) is 3.16. The zero-order valence-corrected chi connectivity index (χ0v) is 9.70. The van der Waals surface area contributed by atoms with Gasteiger partial charge in [-0.15, -0.1) is 0 Å². The van der Waals surface area contributed by atoms with Gasteiger partial charge < -0.3 is 10.2 Å². The number of nitrogens with one attached hydrogen (secondary N) is 1. The highest BCUT2D eigenvalue weighted by Crippen LogP contribution is 2.17. The van der Waals surface area contributed by atoms with Crippen molar-refractivity contribution in [2.24, 2.45) is 0 Å². The molecular weight excluding hydrogens is 200 g/mol. The fourth-order valence-corrected chi connectivity index (χ4v) is 2.00. The molecule has 3 nitrogen and oxygen atoms in total. The summed E-state index contributed by atoms with van der Waals surface area (Å²) in [6.07, 6.45) is 2.20. The Labute approximate surface area is 96.5 Å². The van der Waals surface area contributed by atoms with Gasteiger partial charge >= 0.3 is 0 Å². The molecule has 1 saturated heterocycles. The first kappa shape index (κ1) is 11.1. The highest BCUT2D eigenvalue weighted by Gasteiger charge is 2.16. The minimum atomic E-state index is 0.172. The topological polar surface area (TPSA) is 32.3 Å². The van der Waals surface area contributed by atoms with Gasteiger partial charge in [0.1, 0.15) is 0 Å². The third-order valence-electron chi connectivity index (χ3n) is 2.88. The van der Waals surface area contributed by atoms with Crippen molar-refractivity contribution in [2.45, 2.75) is 19.8 Å². The van der Waals surface area contributed by atoms with Crippen LogP contribution in [0.1, 0.15) is 18.4 Å². The Kier molecular flexibility index (Phi) is 3.57. The molecule has 0 saturated carbocycles. The van der Waals surface area contributed by atoms with Gasteiger partial charge in [0.25, 0.3) is 0 Å². The Bertz CT molecular complexity index is 376. The number of nitrogens with zero attached hydrogens (tertiary/aromatic N) is 1. The Hall–Kier alpha value is -1.35. The summed E-state index contributed by atoms with van der Waals surface area (Å²) in [5.74, 6) is 0.172. The molecule has 2 rings (SSSR count). The standard InChI is InChI=1S/C13H18N2O/c1-11-5-4-6-12(9-11)15-8-3-2-7-14-10-13(15)16/h4-6,9,14H,2-3,7-8,10H2,1H3. The van der Waals surface area contributed by atoms with Gasteiger partial charge in [0.2, 0.25) is 5.91 Å². The molecule has 1 aliphatic rings. The quantitative estimate of drug-likeness (QED) is 0.778. The Morgan fingerprint density at radius 1 is 1.31 bits per heavy atom. The first-order valence-electron chi connectivity index (χ1n) is 5.85. The van der Waals surface area contributed by atoms with Crippen LogP contribution < -0.4 is 10.2 Å². The van der Waals surface area contributed by atoms with E-state index in [0.29, 0.717) is 6.54 Å². The van der Waals surface area contributed by atoms with E-state index in [1.165, 1.54) is 5.56 Å². The van der Waals surface area contributed by atoms with E-state index in [-0.39, 0.29) is 5.91 Å². The molecule has 0 atom stereocenters. The lowest BCUT2D eigenvalue weighted by molar-refractivity contribution is -0.118. The van der Waals surface area contributed by atoms with Gasteiger partial charge in [-0.25, -0.2) is 0 Å². The molecule has 1 fully saturated rings. The molecule has 1 amide bonds. The predicted molar refractivity (Wildman–Crippen MR) is 65.6 cm³/mol. The molecular formula is C13H18N2O. The van der Waals surface area contributed by atoms with Crippen LogP contribution >= 0.6 is 0 Å². The number of anilines is 1. The molecule has 0 aliphatic carbocycles. The van der Waals surface area contributed by atoms with Crippen molar-refractivity contribution in [3.05, 3.63) is 29.8 Å². The Morgan fingerprint density at radius 3 is 3.00 bits per heavy atom. The molecule has 1 heterocycles. The molecule has 1 aromatic rings. The van der Waals surface area contributed by atoms with Crippen LogP contribution in [0.5, 0.6) is 0 Å². The number of amides is 1. The first-order chi connectivity index (χ1) is 7.77. The smallest absolute Gasteiger partial charge is 0.240 e. The van der Waals surface area contributed by atoms with Crippen molar-refractivity contribution in [1.82, 2.24) is 5.32 Å². The predicted octanol–water partition coefficient (Wildman–Crippen LogP) is 1.71. The van der Waals surface area contributed by atoms with Crippen molar-refractivity contribution in [1.29, 1.82) is 0 Å². The molecule has 3 heteroatoms. The number of carbonyl (C=O) groups excluding carboxylic acids is 1. The fourth-order valence-electron chi connectivity index (χ4n) is 2.00. The van der Waals surface area contributed by atoms with Crippen molar-refractivity contribution in [3.8, 4) is 0 Å². The number of carbonyl (C=O) groups is 1. The Balaban J connectivity index is 2.19. The molecule has 0 unspecified atom stereocenters. The zero-order chi connectivity index (χ0) is 11.4. The van der Waals surface area contributed by atoms with E-state index >= 15 is 0 Å². The van der Waals surface area contributed by atoms with E-state index in [0.717, 1.165) is 31.6 Å². The van der Waals surface area contributed by atoms with Crippen molar-refractivity contribution >= 4 is 11.6 Å². The van der Waals surface area contributed by atoms with E-state index in [1.807, 2.05) is 17.0 Å². The maximum absolute atomic E-state index is 11.9. The van der Waals surface area contributed by atoms with Crippen LogP contribution in [-0.4, -0.2) is 25.5 Å². The van der Waals surface area contributed by atoms with Crippen LogP contribution in [0.3, 0.4) is 0 Å². The van der Waals surface area contributed by atoms with Crippen molar-refractivity contribution in [3.63, 3.8) is 0 Å². The van der Waals surface area contributed by atoms with Gasteiger partial charge in [0, 0.05) is 12.2 Å². The number of benzene rings is 1. The van der Waals surface area contributed by atoms with E-state index in [9.17, 15) is 4.79 Å². The number of rotatable bonds is 1. The van der Waals surface area contributed by atoms with E-state index in [4.69, 9.17) is 0 Å². The number of aryl methyl sites for hydroxylation is 1. The maximum Gasteiger partial charge on any atom is 0.240 e. The lowest BCUT2D eigenvalue weighted by Gasteiger charge is -2.25. The van der Waals surface area contributed by atoms with Crippen LogP contribution in [0.2, 0.25) is 0 Å². The van der Waals surface area contributed by atoms with Gasteiger partial charge in [-0.1, -0.05) is 12.1 Å². The zero-order valence-electron chi connectivity index (χ0n) is 9.70. The van der Waals surface area contributed by atoms with E-state index in [1.54, 1.807) is 0 Å². The summed E-state index contributed by atoms with van der Waals surface area (Å²) in [5.41, 5.74) is 2.22. The lowest BCUT2D eigenvalue weighted by atomic mass is 10.1. The van der Waals surface area contributed by atoms with Crippen LogP contribution in [0.15, 0.2) is 24.3 Å². The maximum atomic E-state index is 11.9. The largest absolute Gasteiger partial charge is 0.311 e. The van der Waals surface area contributed by atoms with Gasteiger partial charge in [0.15, 0.2) is 0 Å².